The van der Waals surface area contributed by atoms with Gasteiger partial charge in [-0.2, -0.15) is 0 Å². The fraction of sp³-hybridized carbons (Fsp3) is 0.773. The molecule has 0 aromatic rings. The number of hydrogen-bond donors (Lipinski definition) is 3. The van der Waals surface area contributed by atoms with Crippen LogP contribution in [0.15, 0.2) is 24.3 Å². The van der Waals surface area contributed by atoms with Crippen LogP contribution in [0.3, 0.4) is 0 Å². The Bertz CT molecular complexity index is 514. The van der Waals surface area contributed by atoms with E-state index in [-0.39, 0.29) is 23.1 Å². The molecule has 1 aliphatic carbocycles. The number of unbranched alkanes of at least 4 members (excludes halogenated alkanes) is 2. The van der Waals surface area contributed by atoms with Crippen molar-refractivity contribution < 1.29 is 20.1 Å². The molecule has 0 amide bonds. The van der Waals surface area contributed by atoms with Crippen molar-refractivity contribution in [1.29, 1.82) is 0 Å². The van der Waals surface area contributed by atoms with Gasteiger partial charge in [0.25, 0.3) is 0 Å². The van der Waals surface area contributed by atoms with Crippen molar-refractivity contribution in [3.8, 4) is 0 Å². The highest BCUT2D eigenvalue weighted by Crippen LogP contribution is 2.43. The summed E-state index contributed by atoms with van der Waals surface area (Å²) < 4.78 is 0. The zero-order valence-electron chi connectivity index (χ0n) is 17.0. The fourth-order valence-corrected chi connectivity index (χ4v) is 4.09. The van der Waals surface area contributed by atoms with E-state index in [0.29, 0.717) is 25.7 Å². The van der Waals surface area contributed by atoms with E-state index in [1.54, 1.807) is 12.2 Å². The molecular formula is C22H37ClO4. The lowest BCUT2D eigenvalue weighted by molar-refractivity contribution is -0.137. The van der Waals surface area contributed by atoms with Crippen LogP contribution in [0.2, 0.25) is 0 Å². The predicted molar refractivity (Wildman–Crippen MR) is 111 cm³/mol. The Morgan fingerprint density at radius 3 is 2.67 bits per heavy atom. The Morgan fingerprint density at radius 2 is 2.04 bits per heavy atom. The number of halogens is 1. The second-order valence-corrected chi connectivity index (χ2v) is 9.10. The summed E-state index contributed by atoms with van der Waals surface area (Å²) in [6, 6.07) is 0. The number of aliphatic carboxylic acids is 1. The Balaban J connectivity index is 2.65. The van der Waals surface area contributed by atoms with Crippen molar-refractivity contribution >= 4 is 17.6 Å². The molecule has 1 fully saturated rings. The second kappa shape index (κ2) is 11.2. The number of carbonyl (C=O) groups is 1. The quantitative estimate of drug-likeness (QED) is 0.243. The van der Waals surface area contributed by atoms with Crippen LogP contribution in [-0.2, 0) is 4.79 Å². The van der Waals surface area contributed by atoms with Crippen LogP contribution in [0.4, 0.5) is 0 Å². The van der Waals surface area contributed by atoms with Crippen LogP contribution in [0.1, 0.15) is 78.6 Å². The molecule has 0 spiro atoms. The molecule has 0 radical (unpaired) electrons. The van der Waals surface area contributed by atoms with Gasteiger partial charge in [-0.1, -0.05) is 57.9 Å². The van der Waals surface area contributed by atoms with Gasteiger partial charge in [0, 0.05) is 17.7 Å². The molecule has 27 heavy (non-hydrogen) atoms. The van der Waals surface area contributed by atoms with Gasteiger partial charge in [-0.15, -0.1) is 11.6 Å². The molecule has 0 heterocycles. The Kier molecular flexibility index (Phi) is 10.1. The van der Waals surface area contributed by atoms with E-state index in [4.69, 9.17) is 16.7 Å². The normalized spacial score (nSPS) is 27.6. The number of carboxylic acid groups (broad SMARTS) is 1. The first-order valence-corrected chi connectivity index (χ1v) is 10.7. The van der Waals surface area contributed by atoms with E-state index < -0.39 is 17.7 Å². The van der Waals surface area contributed by atoms with Crippen molar-refractivity contribution in [3.05, 3.63) is 24.3 Å². The van der Waals surface area contributed by atoms with E-state index in [1.165, 1.54) is 0 Å². The number of alkyl halides is 1. The van der Waals surface area contributed by atoms with Crippen LogP contribution in [0.5, 0.6) is 0 Å². The highest BCUT2D eigenvalue weighted by atomic mass is 35.5. The van der Waals surface area contributed by atoms with Gasteiger partial charge < -0.3 is 15.3 Å². The molecular weight excluding hydrogens is 364 g/mol. The standard InChI is InChI=1S/C22H37ClO4/c1-4-5-14-21(2,3)19(24)13-16-22(27)15-12-18(23)17(22)10-8-6-7-9-11-20(25)26/h6,8,13,16-19,24,27H,4-5,7,9-12,14-15H2,1-3H3,(H,25,26)/t17-,18+,19+,22+/m0/s1. The minimum absolute atomic E-state index is 0.0999. The Hall–Kier alpha value is -0.840. The summed E-state index contributed by atoms with van der Waals surface area (Å²) >= 11 is 6.45. The first kappa shape index (κ1) is 24.2. The molecule has 0 aromatic heterocycles. The van der Waals surface area contributed by atoms with E-state index in [2.05, 4.69) is 20.8 Å². The van der Waals surface area contributed by atoms with Gasteiger partial charge in [-0.25, -0.2) is 0 Å². The van der Waals surface area contributed by atoms with Gasteiger partial charge in [-0.3, -0.25) is 4.79 Å². The zero-order valence-corrected chi connectivity index (χ0v) is 17.8. The molecule has 5 heteroatoms. The summed E-state index contributed by atoms with van der Waals surface area (Å²) in [6.07, 6.45) is 13.5. The maximum absolute atomic E-state index is 11.1. The van der Waals surface area contributed by atoms with E-state index >= 15 is 0 Å². The van der Waals surface area contributed by atoms with Crippen LogP contribution >= 0.6 is 11.6 Å². The maximum Gasteiger partial charge on any atom is 0.303 e. The van der Waals surface area contributed by atoms with Crippen molar-refractivity contribution in [2.45, 2.75) is 95.6 Å². The molecule has 0 bridgehead atoms. The average molecular weight is 401 g/mol. The molecule has 1 saturated carbocycles. The smallest absolute Gasteiger partial charge is 0.303 e. The minimum Gasteiger partial charge on any atom is -0.481 e. The maximum atomic E-state index is 11.1. The van der Waals surface area contributed by atoms with Gasteiger partial charge in [0.15, 0.2) is 0 Å². The molecule has 1 rings (SSSR count). The number of aliphatic hydroxyl groups excluding tert-OH is 1. The highest BCUT2D eigenvalue weighted by molar-refractivity contribution is 6.21. The van der Waals surface area contributed by atoms with Crippen molar-refractivity contribution in [2.75, 3.05) is 0 Å². The lowest BCUT2D eigenvalue weighted by atomic mass is 9.80. The lowest BCUT2D eigenvalue weighted by Crippen LogP contribution is -2.35. The molecule has 1 aliphatic rings. The molecule has 0 aliphatic heterocycles. The molecule has 0 saturated heterocycles. The van der Waals surface area contributed by atoms with Gasteiger partial charge in [-0.05, 0) is 43.9 Å². The number of aliphatic hydroxyl groups is 2. The predicted octanol–water partition coefficient (Wildman–Crippen LogP) is 5.07. The van der Waals surface area contributed by atoms with Crippen molar-refractivity contribution in [1.82, 2.24) is 0 Å². The van der Waals surface area contributed by atoms with Crippen LogP contribution in [-0.4, -0.2) is 38.4 Å². The van der Waals surface area contributed by atoms with Gasteiger partial charge in [0.2, 0.25) is 0 Å². The van der Waals surface area contributed by atoms with E-state index in [1.807, 2.05) is 12.2 Å². The molecule has 0 unspecified atom stereocenters. The number of allylic oxidation sites excluding steroid dienone is 2. The molecule has 0 aromatic carbocycles. The van der Waals surface area contributed by atoms with Gasteiger partial charge >= 0.3 is 5.97 Å². The number of carboxylic acids is 1. The largest absolute Gasteiger partial charge is 0.481 e. The molecule has 156 valence electrons. The second-order valence-electron chi connectivity index (χ2n) is 8.54. The number of rotatable bonds is 12. The molecule has 3 N–H and O–H groups in total. The monoisotopic (exact) mass is 400 g/mol. The Morgan fingerprint density at radius 1 is 1.33 bits per heavy atom. The molecule has 4 atom stereocenters. The summed E-state index contributed by atoms with van der Waals surface area (Å²) in [5.41, 5.74) is -1.22. The van der Waals surface area contributed by atoms with Crippen molar-refractivity contribution in [3.63, 3.8) is 0 Å². The van der Waals surface area contributed by atoms with Gasteiger partial charge in [0.05, 0.1) is 11.7 Å². The van der Waals surface area contributed by atoms with E-state index in [0.717, 1.165) is 25.7 Å². The third kappa shape index (κ3) is 7.97. The van der Waals surface area contributed by atoms with Crippen LogP contribution < -0.4 is 0 Å². The third-order valence-electron chi connectivity index (χ3n) is 5.76. The minimum atomic E-state index is -1.00. The highest BCUT2D eigenvalue weighted by Gasteiger charge is 2.44. The third-order valence-corrected chi connectivity index (χ3v) is 6.28. The summed E-state index contributed by atoms with van der Waals surface area (Å²) in [4.78, 5) is 10.5. The first-order chi connectivity index (χ1) is 12.6. The SMILES string of the molecule is CCCCC(C)(C)[C@H](O)C=C[C@]1(O)CC[C@@H](Cl)[C@@H]1CC=CCCCC(=O)O. The van der Waals surface area contributed by atoms with Crippen LogP contribution in [0.25, 0.3) is 0 Å². The Labute approximate surface area is 169 Å². The van der Waals surface area contributed by atoms with Crippen LogP contribution in [0, 0.1) is 11.3 Å². The molecule has 4 nitrogen and oxygen atoms in total. The summed E-state index contributed by atoms with van der Waals surface area (Å²) in [6.45, 7) is 6.25. The first-order valence-electron chi connectivity index (χ1n) is 10.2. The van der Waals surface area contributed by atoms with Gasteiger partial charge in [0.1, 0.15) is 0 Å². The van der Waals surface area contributed by atoms with E-state index in [9.17, 15) is 15.0 Å². The summed E-state index contributed by atoms with van der Waals surface area (Å²) in [5.74, 6) is -0.878. The fourth-order valence-electron chi connectivity index (χ4n) is 3.66. The zero-order chi connectivity index (χ0) is 20.5. The number of hydrogen-bond acceptors (Lipinski definition) is 3. The topological polar surface area (TPSA) is 77.8 Å². The van der Waals surface area contributed by atoms with Crippen molar-refractivity contribution in [2.24, 2.45) is 11.3 Å². The average Bonchev–Trinajstić information content (AvgIpc) is 2.89. The lowest BCUT2D eigenvalue weighted by Gasteiger charge is -2.31. The summed E-state index contributed by atoms with van der Waals surface area (Å²) in [5, 5.41) is 30.2. The summed E-state index contributed by atoms with van der Waals surface area (Å²) in [7, 11) is 0.